The summed E-state index contributed by atoms with van der Waals surface area (Å²) in [5.41, 5.74) is 2.44. The second-order valence-electron chi connectivity index (χ2n) is 9.22. The Kier molecular flexibility index (Phi) is 8.29. The maximum absolute atomic E-state index is 14.5. The van der Waals surface area contributed by atoms with Crippen molar-refractivity contribution in [2.24, 2.45) is 5.92 Å². The molecule has 0 aromatic heterocycles. The van der Waals surface area contributed by atoms with Crippen molar-refractivity contribution in [3.8, 4) is 16.9 Å². The number of hydrogen-bond acceptors (Lipinski definition) is 2. The van der Waals surface area contributed by atoms with E-state index in [0.29, 0.717) is 18.1 Å². The lowest BCUT2D eigenvalue weighted by molar-refractivity contribution is -0.185. The van der Waals surface area contributed by atoms with Crippen LogP contribution < -0.4 is 4.74 Å². The maximum Gasteiger partial charge on any atom is 0.426 e. The molecule has 3 aromatic rings. The second kappa shape index (κ2) is 11.4. The third-order valence-electron chi connectivity index (χ3n) is 6.86. The summed E-state index contributed by atoms with van der Waals surface area (Å²) < 4.78 is 78.8. The minimum atomic E-state index is -3.86. The fourth-order valence-corrected chi connectivity index (χ4v) is 4.78. The molecule has 0 spiro atoms. The minimum absolute atomic E-state index is 0.385. The molecule has 192 valence electrons. The number of hydrogen-bond donors (Lipinski definition) is 0. The molecule has 1 saturated carbocycles. The normalized spacial score (nSPS) is 18.3. The Labute approximate surface area is 208 Å². The van der Waals surface area contributed by atoms with Gasteiger partial charge in [-0.1, -0.05) is 36.4 Å². The lowest BCUT2D eigenvalue weighted by atomic mass is 9.77. The van der Waals surface area contributed by atoms with Crippen LogP contribution in [0.1, 0.15) is 56.1 Å². The van der Waals surface area contributed by atoms with Crippen LogP contribution in [0.15, 0.2) is 60.7 Å². The van der Waals surface area contributed by atoms with Crippen molar-refractivity contribution in [1.29, 1.82) is 0 Å². The van der Waals surface area contributed by atoms with Crippen LogP contribution in [0.2, 0.25) is 0 Å². The van der Waals surface area contributed by atoms with Gasteiger partial charge in [-0.15, -0.1) is 0 Å². The molecular weight excluding hydrogens is 475 g/mol. The van der Waals surface area contributed by atoms with Crippen LogP contribution in [-0.2, 0) is 10.8 Å². The standard InChI is InChI=1S/C29H29F5O2/c1-2-35-16-15-19-3-5-20(6-4-19)21-7-9-22(10-8-21)23-11-13-24(14-12-23)29(33,34)36-25-17-26(30)28(32)27(31)18-25/h7-14,17-20H,2-6,15-16H2,1H3. The van der Waals surface area contributed by atoms with E-state index in [0.717, 1.165) is 49.5 Å². The number of ether oxygens (including phenoxy) is 2. The molecule has 0 bridgehead atoms. The lowest BCUT2D eigenvalue weighted by Gasteiger charge is -2.29. The van der Waals surface area contributed by atoms with E-state index in [1.54, 1.807) is 0 Å². The molecule has 0 atom stereocenters. The first kappa shape index (κ1) is 26.1. The highest BCUT2D eigenvalue weighted by Gasteiger charge is 2.35. The van der Waals surface area contributed by atoms with Crippen molar-refractivity contribution in [1.82, 2.24) is 0 Å². The first-order chi connectivity index (χ1) is 17.3. The van der Waals surface area contributed by atoms with Crippen molar-refractivity contribution in [3.63, 3.8) is 0 Å². The average molecular weight is 505 g/mol. The Morgan fingerprint density at radius 1 is 0.806 bits per heavy atom. The van der Waals surface area contributed by atoms with Gasteiger partial charge in [0.1, 0.15) is 5.75 Å². The summed E-state index contributed by atoms with van der Waals surface area (Å²) in [6, 6.07) is 14.4. The van der Waals surface area contributed by atoms with Crippen molar-refractivity contribution >= 4 is 0 Å². The Hall–Kier alpha value is -2.93. The van der Waals surface area contributed by atoms with E-state index in [1.807, 2.05) is 19.1 Å². The van der Waals surface area contributed by atoms with E-state index >= 15 is 0 Å². The maximum atomic E-state index is 14.5. The molecule has 1 fully saturated rings. The topological polar surface area (TPSA) is 18.5 Å². The predicted molar refractivity (Wildman–Crippen MR) is 129 cm³/mol. The predicted octanol–water partition coefficient (Wildman–Crippen LogP) is 8.60. The first-order valence-corrected chi connectivity index (χ1v) is 12.3. The zero-order valence-electron chi connectivity index (χ0n) is 20.1. The van der Waals surface area contributed by atoms with Gasteiger partial charge in [0.15, 0.2) is 17.5 Å². The Balaban J connectivity index is 1.38. The van der Waals surface area contributed by atoms with Crippen LogP contribution in [0.5, 0.6) is 5.75 Å². The van der Waals surface area contributed by atoms with Crippen LogP contribution >= 0.6 is 0 Å². The molecule has 0 amide bonds. The summed E-state index contributed by atoms with van der Waals surface area (Å²) >= 11 is 0. The molecule has 4 rings (SSSR count). The molecule has 0 heterocycles. The van der Waals surface area contributed by atoms with Crippen LogP contribution in [0.4, 0.5) is 22.0 Å². The number of halogens is 5. The highest BCUT2D eigenvalue weighted by atomic mass is 19.3. The van der Waals surface area contributed by atoms with E-state index in [-0.39, 0.29) is 0 Å². The quantitative estimate of drug-likeness (QED) is 0.165. The van der Waals surface area contributed by atoms with E-state index in [9.17, 15) is 22.0 Å². The van der Waals surface area contributed by atoms with Gasteiger partial charge >= 0.3 is 6.11 Å². The first-order valence-electron chi connectivity index (χ1n) is 12.3. The fourth-order valence-electron chi connectivity index (χ4n) is 4.78. The van der Waals surface area contributed by atoms with Crippen molar-refractivity contribution in [2.45, 2.75) is 51.1 Å². The largest absolute Gasteiger partial charge is 0.429 e. The van der Waals surface area contributed by atoms with E-state index in [4.69, 9.17) is 4.74 Å². The van der Waals surface area contributed by atoms with E-state index in [2.05, 4.69) is 16.9 Å². The number of alkyl halides is 2. The smallest absolute Gasteiger partial charge is 0.426 e. The monoisotopic (exact) mass is 504 g/mol. The van der Waals surface area contributed by atoms with Crippen molar-refractivity contribution < 1.29 is 31.4 Å². The SMILES string of the molecule is CCOCCC1CCC(c2ccc(-c3ccc(C(F)(F)Oc4cc(F)c(F)c(F)c4)cc3)cc2)CC1. The lowest BCUT2D eigenvalue weighted by Crippen LogP contribution is -2.22. The highest BCUT2D eigenvalue weighted by Crippen LogP contribution is 2.38. The molecule has 1 aliphatic carbocycles. The third kappa shape index (κ3) is 6.25. The van der Waals surface area contributed by atoms with Gasteiger partial charge in [0.2, 0.25) is 0 Å². The van der Waals surface area contributed by atoms with Crippen molar-refractivity contribution in [3.05, 3.63) is 89.2 Å². The Morgan fingerprint density at radius 2 is 1.36 bits per heavy atom. The number of rotatable bonds is 9. The average Bonchev–Trinajstić information content (AvgIpc) is 2.88. The van der Waals surface area contributed by atoms with Crippen LogP contribution in [0, 0.1) is 23.4 Å². The minimum Gasteiger partial charge on any atom is -0.429 e. The summed E-state index contributed by atoms with van der Waals surface area (Å²) in [5.74, 6) is -4.50. The van der Waals surface area contributed by atoms with Gasteiger partial charge < -0.3 is 9.47 Å². The summed E-state index contributed by atoms with van der Waals surface area (Å²) in [4.78, 5) is 0. The summed E-state index contributed by atoms with van der Waals surface area (Å²) in [5, 5.41) is 0. The zero-order chi connectivity index (χ0) is 25.7. The third-order valence-corrected chi connectivity index (χ3v) is 6.86. The number of benzene rings is 3. The van der Waals surface area contributed by atoms with Gasteiger partial charge in [-0.3, -0.25) is 0 Å². The molecule has 0 radical (unpaired) electrons. The molecule has 0 saturated heterocycles. The Morgan fingerprint density at radius 3 is 1.92 bits per heavy atom. The molecule has 3 aromatic carbocycles. The highest BCUT2D eigenvalue weighted by molar-refractivity contribution is 5.64. The summed E-state index contributed by atoms with van der Waals surface area (Å²) in [7, 11) is 0. The van der Waals surface area contributed by atoms with Crippen LogP contribution in [-0.4, -0.2) is 13.2 Å². The second-order valence-corrected chi connectivity index (χ2v) is 9.22. The summed E-state index contributed by atoms with van der Waals surface area (Å²) in [6.07, 6.45) is 1.98. The van der Waals surface area contributed by atoms with Gasteiger partial charge in [0.05, 0.1) is 5.56 Å². The molecule has 2 nitrogen and oxygen atoms in total. The van der Waals surface area contributed by atoms with Gasteiger partial charge in [0.25, 0.3) is 0 Å². The van der Waals surface area contributed by atoms with Crippen LogP contribution in [0.3, 0.4) is 0 Å². The molecule has 0 N–H and O–H groups in total. The Bertz CT molecular complexity index is 1110. The molecule has 7 heteroatoms. The van der Waals surface area contributed by atoms with Crippen molar-refractivity contribution in [2.75, 3.05) is 13.2 Å². The molecule has 1 aliphatic rings. The van der Waals surface area contributed by atoms with Gasteiger partial charge in [0, 0.05) is 25.3 Å². The van der Waals surface area contributed by atoms with Gasteiger partial charge in [-0.05, 0) is 79.7 Å². The summed E-state index contributed by atoms with van der Waals surface area (Å²) in [6.45, 7) is 3.61. The fraction of sp³-hybridized carbons (Fsp3) is 0.379. The zero-order valence-corrected chi connectivity index (χ0v) is 20.1. The molecule has 0 aliphatic heterocycles. The molecular formula is C29H29F5O2. The van der Waals surface area contributed by atoms with Gasteiger partial charge in [-0.25, -0.2) is 13.2 Å². The molecule has 36 heavy (non-hydrogen) atoms. The van der Waals surface area contributed by atoms with Crippen LogP contribution in [0.25, 0.3) is 11.1 Å². The van der Waals surface area contributed by atoms with E-state index in [1.165, 1.54) is 42.7 Å². The van der Waals surface area contributed by atoms with Gasteiger partial charge in [-0.2, -0.15) is 8.78 Å². The molecule has 0 unspecified atom stereocenters. The van der Waals surface area contributed by atoms with E-state index < -0.39 is 34.9 Å².